The summed E-state index contributed by atoms with van der Waals surface area (Å²) < 4.78 is 13.6. The number of nitrogens with one attached hydrogen (secondary N) is 1. The van der Waals surface area contributed by atoms with Crippen LogP contribution >= 0.6 is 15.9 Å². The number of halogens is 2. The van der Waals surface area contributed by atoms with E-state index in [1.165, 1.54) is 17.0 Å². The van der Waals surface area contributed by atoms with Gasteiger partial charge >= 0.3 is 5.97 Å². The summed E-state index contributed by atoms with van der Waals surface area (Å²) in [5, 5.41) is 11.2. The third kappa shape index (κ3) is 6.35. The highest BCUT2D eigenvalue weighted by molar-refractivity contribution is 9.10. The van der Waals surface area contributed by atoms with Crippen LogP contribution < -0.4 is 5.32 Å². The van der Waals surface area contributed by atoms with Gasteiger partial charge in [-0.3, -0.25) is 14.4 Å². The third-order valence-corrected chi connectivity index (χ3v) is 3.82. The number of aliphatic carboxylic acids is 1. The summed E-state index contributed by atoms with van der Waals surface area (Å²) in [5.41, 5.74) is 0.149. The van der Waals surface area contributed by atoms with Crippen molar-refractivity contribution in [3.05, 3.63) is 34.1 Å². The van der Waals surface area contributed by atoms with Crippen LogP contribution in [0.15, 0.2) is 22.7 Å². The van der Waals surface area contributed by atoms with Crippen LogP contribution in [-0.4, -0.2) is 47.4 Å². The van der Waals surface area contributed by atoms with Crippen LogP contribution in [0, 0.1) is 5.82 Å². The molecule has 1 aromatic carbocycles. The molecule has 8 heteroatoms. The van der Waals surface area contributed by atoms with Gasteiger partial charge in [0.05, 0.1) is 12.0 Å². The van der Waals surface area contributed by atoms with Crippen molar-refractivity contribution in [1.82, 2.24) is 10.2 Å². The Morgan fingerprint density at radius 1 is 1.30 bits per heavy atom. The Kier molecular flexibility index (Phi) is 7.67. The zero-order valence-corrected chi connectivity index (χ0v) is 14.2. The molecule has 1 aromatic rings. The van der Waals surface area contributed by atoms with Gasteiger partial charge in [-0.15, -0.1) is 0 Å². The van der Waals surface area contributed by atoms with E-state index in [0.29, 0.717) is 11.0 Å². The van der Waals surface area contributed by atoms with Crippen LogP contribution in [0.25, 0.3) is 0 Å². The highest BCUT2D eigenvalue weighted by Crippen LogP contribution is 2.17. The molecule has 1 rings (SSSR count). The highest BCUT2D eigenvalue weighted by Gasteiger charge is 2.15. The van der Waals surface area contributed by atoms with Crippen LogP contribution in [0.1, 0.15) is 30.1 Å². The fourth-order valence-electron chi connectivity index (χ4n) is 1.90. The number of carbonyl (C=O) groups excluding carboxylic acids is 2. The van der Waals surface area contributed by atoms with E-state index in [1.54, 1.807) is 6.92 Å². The van der Waals surface area contributed by atoms with E-state index in [9.17, 15) is 18.8 Å². The first-order chi connectivity index (χ1) is 10.8. The smallest absolute Gasteiger partial charge is 0.305 e. The maximum atomic E-state index is 13.1. The summed E-state index contributed by atoms with van der Waals surface area (Å²) in [6.07, 6.45) is -0.0751. The molecule has 0 aromatic heterocycles. The average Bonchev–Trinajstić information content (AvgIpc) is 2.49. The Bertz CT molecular complexity index is 595. The molecule has 0 aliphatic rings. The Hall–Kier alpha value is -1.96. The highest BCUT2D eigenvalue weighted by atomic mass is 79.9. The second-order valence-corrected chi connectivity index (χ2v) is 5.60. The summed E-state index contributed by atoms with van der Waals surface area (Å²) in [7, 11) is 0. The quantitative estimate of drug-likeness (QED) is 0.713. The van der Waals surface area contributed by atoms with Crippen molar-refractivity contribution < 1.29 is 23.9 Å². The minimum absolute atomic E-state index is 0.0478. The van der Waals surface area contributed by atoms with Gasteiger partial charge in [-0.25, -0.2) is 4.39 Å². The van der Waals surface area contributed by atoms with Crippen molar-refractivity contribution in [2.24, 2.45) is 0 Å². The van der Waals surface area contributed by atoms with Gasteiger partial charge in [-0.2, -0.15) is 0 Å². The number of amides is 2. The van der Waals surface area contributed by atoms with E-state index in [0.717, 1.165) is 6.07 Å². The summed E-state index contributed by atoms with van der Waals surface area (Å²) >= 11 is 3.16. The number of carbonyl (C=O) groups is 3. The minimum Gasteiger partial charge on any atom is -0.481 e. The van der Waals surface area contributed by atoms with Gasteiger partial charge in [0.1, 0.15) is 5.82 Å². The molecule has 6 nitrogen and oxygen atoms in total. The van der Waals surface area contributed by atoms with Crippen molar-refractivity contribution in [2.75, 3.05) is 19.6 Å². The lowest BCUT2D eigenvalue weighted by atomic mass is 10.2. The molecule has 23 heavy (non-hydrogen) atoms. The largest absolute Gasteiger partial charge is 0.481 e. The van der Waals surface area contributed by atoms with Gasteiger partial charge < -0.3 is 15.3 Å². The predicted octanol–water partition coefficient (Wildman–Crippen LogP) is 2.03. The first kappa shape index (κ1) is 19.1. The second kappa shape index (κ2) is 9.24. The molecule has 0 spiro atoms. The molecule has 0 bridgehead atoms. The van der Waals surface area contributed by atoms with Gasteiger partial charge in [0.25, 0.3) is 5.91 Å². The SMILES string of the molecule is CCN(CCC(=O)O)C(=O)CCNC(=O)c1cc(F)ccc1Br. The lowest BCUT2D eigenvalue weighted by Gasteiger charge is -2.20. The van der Waals surface area contributed by atoms with Gasteiger partial charge in [-0.05, 0) is 41.1 Å². The molecule has 0 saturated heterocycles. The Morgan fingerprint density at radius 2 is 2.00 bits per heavy atom. The van der Waals surface area contributed by atoms with E-state index >= 15 is 0 Å². The first-order valence-corrected chi connectivity index (χ1v) is 7.87. The monoisotopic (exact) mass is 388 g/mol. The molecule has 0 heterocycles. The van der Waals surface area contributed by atoms with Gasteiger partial charge in [-0.1, -0.05) is 0 Å². The van der Waals surface area contributed by atoms with Crippen LogP contribution in [0.5, 0.6) is 0 Å². The summed E-state index contributed by atoms with van der Waals surface area (Å²) in [6.45, 7) is 2.37. The van der Waals surface area contributed by atoms with E-state index in [-0.39, 0.29) is 37.4 Å². The van der Waals surface area contributed by atoms with Crippen molar-refractivity contribution in [2.45, 2.75) is 19.8 Å². The zero-order valence-electron chi connectivity index (χ0n) is 12.6. The number of hydrogen-bond donors (Lipinski definition) is 2. The van der Waals surface area contributed by atoms with Crippen molar-refractivity contribution in [3.63, 3.8) is 0 Å². The Morgan fingerprint density at radius 3 is 2.61 bits per heavy atom. The molecule has 0 aliphatic carbocycles. The van der Waals surface area contributed by atoms with Gasteiger partial charge in [0, 0.05) is 30.5 Å². The molecular formula is C15H18BrFN2O4. The molecule has 2 amide bonds. The molecule has 0 unspecified atom stereocenters. The molecule has 0 radical (unpaired) electrons. The number of carboxylic acid groups (broad SMARTS) is 1. The average molecular weight is 389 g/mol. The lowest BCUT2D eigenvalue weighted by Crippen LogP contribution is -2.35. The molecule has 2 N–H and O–H groups in total. The number of hydrogen-bond acceptors (Lipinski definition) is 3. The van der Waals surface area contributed by atoms with Crippen molar-refractivity contribution >= 4 is 33.7 Å². The van der Waals surface area contributed by atoms with Crippen LogP contribution in [-0.2, 0) is 9.59 Å². The third-order valence-electron chi connectivity index (χ3n) is 3.13. The topological polar surface area (TPSA) is 86.7 Å². The maximum Gasteiger partial charge on any atom is 0.305 e. The number of carboxylic acids is 1. The number of rotatable bonds is 8. The number of nitrogens with zero attached hydrogens (tertiary/aromatic N) is 1. The number of benzene rings is 1. The fraction of sp³-hybridized carbons (Fsp3) is 0.400. The summed E-state index contributed by atoms with van der Waals surface area (Å²) in [5.74, 6) is -2.23. The Labute approximate surface area is 141 Å². The molecule has 0 atom stereocenters. The van der Waals surface area contributed by atoms with Gasteiger partial charge in [0.15, 0.2) is 0 Å². The molecular weight excluding hydrogens is 371 g/mol. The van der Waals surface area contributed by atoms with Crippen molar-refractivity contribution in [3.8, 4) is 0 Å². The normalized spacial score (nSPS) is 10.2. The van der Waals surface area contributed by atoms with Crippen molar-refractivity contribution in [1.29, 1.82) is 0 Å². The second-order valence-electron chi connectivity index (χ2n) is 4.75. The van der Waals surface area contributed by atoms with E-state index in [1.807, 2.05) is 0 Å². The van der Waals surface area contributed by atoms with Crippen LogP contribution in [0.4, 0.5) is 4.39 Å². The van der Waals surface area contributed by atoms with Crippen LogP contribution in [0.3, 0.4) is 0 Å². The lowest BCUT2D eigenvalue weighted by molar-refractivity contribution is -0.138. The molecule has 0 aliphatic heterocycles. The molecule has 0 fully saturated rings. The van der Waals surface area contributed by atoms with E-state index in [4.69, 9.17) is 5.11 Å². The van der Waals surface area contributed by atoms with Crippen LogP contribution in [0.2, 0.25) is 0 Å². The minimum atomic E-state index is -0.972. The first-order valence-electron chi connectivity index (χ1n) is 7.08. The maximum absolute atomic E-state index is 13.1. The predicted molar refractivity (Wildman–Crippen MR) is 85.6 cm³/mol. The molecule has 0 saturated carbocycles. The van der Waals surface area contributed by atoms with Gasteiger partial charge in [0.2, 0.25) is 5.91 Å². The summed E-state index contributed by atoms with van der Waals surface area (Å²) in [6, 6.07) is 3.76. The standard InChI is InChI=1S/C15H18BrFN2O4/c1-2-19(8-6-14(21)22)13(20)5-7-18-15(23)11-9-10(17)3-4-12(11)16/h3-4,9H,2,5-8H2,1H3,(H,18,23)(H,21,22). The molecule has 126 valence electrons. The summed E-state index contributed by atoms with van der Waals surface area (Å²) in [4.78, 5) is 35.8. The zero-order chi connectivity index (χ0) is 17.4. The fourth-order valence-corrected chi connectivity index (χ4v) is 2.32. The van der Waals surface area contributed by atoms with E-state index < -0.39 is 17.7 Å². The Balaban J connectivity index is 2.48. The van der Waals surface area contributed by atoms with E-state index in [2.05, 4.69) is 21.2 Å².